The van der Waals surface area contributed by atoms with Crippen molar-refractivity contribution in [3.05, 3.63) is 0 Å². The van der Waals surface area contributed by atoms with Crippen molar-refractivity contribution in [1.82, 2.24) is 4.90 Å². The molecular weight excluding hydrogens is 266 g/mol. The quantitative estimate of drug-likeness (QED) is 0.740. The van der Waals surface area contributed by atoms with E-state index >= 15 is 0 Å². The summed E-state index contributed by atoms with van der Waals surface area (Å²) in [6, 6.07) is -0.560. The first-order valence-corrected chi connectivity index (χ1v) is 6.90. The normalized spacial score (nSPS) is 29.4. The third-order valence-corrected chi connectivity index (χ3v) is 3.67. The summed E-state index contributed by atoms with van der Waals surface area (Å²) in [6.45, 7) is 2.48. The summed E-state index contributed by atoms with van der Waals surface area (Å²) < 4.78 is 10.2. The third-order valence-electron chi connectivity index (χ3n) is 3.67. The van der Waals surface area contributed by atoms with Crippen molar-refractivity contribution in [2.75, 3.05) is 13.2 Å². The predicted molar refractivity (Wildman–Crippen MR) is 66.9 cm³/mol. The van der Waals surface area contributed by atoms with Crippen LogP contribution in [0.2, 0.25) is 0 Å². The second-order valence-corrected chi connectivity index (χ2v) is 4.97. The van der Waals surface area contributed by atoms with Gasteiger partial charge in [0.1, 0.15) is 12.1 Å². The lowest BCUT2D eigenvalue weighted by atomic mass is 10.1. The van der Waals surface area contributed by atoms with Crippen molar-refractivity contribution in [2.24, 2.45) is 0 Å². The Hall–Kier alpha value is -1.63. The van der Waals surface area contributed by atoms with E-state index in [0.717, 1.165) is 6.42 Å². The summed E-state index contributed by atoms with van der Waals surface area (Å²) in [5.41, 5.74) is 0. The summed E-state index contributed by atoms with van der Waals surface area (Å²) in [4.78, 5) is 36.4. The van der Waals surface area contributed by atoms with E-state index in [2.05, 4.69) is 0 Å². The van der Waals surface area contributed by atoms with Crippen LogP contribution in [0.4, 0.5) is 0 Å². The number of carboxylic acids is 1. The average Bonchev–Trinajstić information content (AvgIpc) is 3.07. The van der Waals surface area contributed by atoms with Gasteiger partial charge in [0.2, 0.25) is 0 Å². The molecule has 0 spiro atoms. The zero-order valence-corrected chi connectivity index (χ0v) is 11.4. The minimum absolute atomic E-state index is 0.276. The average molecular weight is 285 g/mol. The second-order valence-electron chi connectivity index (χ2n) is 4.97. The Morgan fingerprint density at radius 1 is 1.25 bits per heavy atom. The fourth-order valence-corrected chi connectivity index (χ4v) is 2.70. The molecule has 2 aliphatic heterocycles. The largest absolute Gasteiger partial charge is 0.479 e. The molecule has 0 radical (unpaired) electrons. The van der Waals surface area contributed by atoms with E-state index < -0.39 is 30.2 Å². The van der Waals surface area contributed by atoms with E-state index in [-0.39, 0.29) is 12.5 Å². The van der Waals surface area contributed by atoms with Crippen LogP contribution in [-0.2, 0) is 23.9 Å². The van der Waals surface area contributed by atoms with Gasteiger partial charge in [-0.3, -0.25) is 4.79 Å². The third kappa shape index (κ3) is 2.92. The molecule has 2 heterocycles. The highest BCUT2D eigenvalue weighted by Crippen LogP contribution is 2.26. The van der Waals surface area contributed by atoms with Crippen LogP contribution in [0.25, 0.3) is 0 Å². The van der Waals surface area contributed by atoms with Crippen LogP contribution in [-0.4, -0.2) is 59.3 Å². The molecule has 0 aromatic rings. The topological polar surface area (TPSA) is 93.1 Å². The highest BCUT2D eigenvalue weighted by Gasteiger charge is 2.42. The molecule has 3 atom stereocenters. The SMILES string of the molecule is CCOC(=O)C1CCCN1C(=O)C1CCC(C(=O)O)O1. The molecule has 112 valence electrons. The Labute approximate surface area is 116 Å². The molecule has 0 aromatic carbocycles. The minimum Gasteiger partial charge on any atom is -0.479 e. The molecule has 0 aliphatic carbocycles. The number of hydrogen-bond acceptors (Lipinski definition) is 5. The zero-order chi connectivity index (χ0) is 14.7. The number of amides is 1. The van der Waals surface area contributed by atoms with Crippen LogP contribution >= 0.6 is 0 Å². The van der Waals surface area contributed by atoms with Crippen LogP contribution in [0.3, 0.4) is 0 Å². The van der Waals surface area contributed by atoms with Gasteiger partial charge in [-0.25, -0.2) is 9.59 Å². The van der Waals surface area contributed by atoms with Gasteiger partial charge in [0.15, 0.2) is 6.10 Å². The fraction of sp³-hybridized carbons (Fsp3) is 0.769. The van der Waals surface area contributed by atoms with Gasteiger partial charge in [-0.2, -0.15) is 0 Å². The van der Waals surface area contributed by atoms with Crippen molar-refractivity contribution >= 4 is 17.8 Å². The van der Waals surface area contributed by atoms with Gasteiger partial charge in [0.25, 0.3) is 5.91 Å². The maximum absolute atomic E-state index is 12.3. The van der Waals surface area contributed by atoms with Gasteiger partial charge >= 0.3 is 11.9 Å². The van der Waals surface area contributed by atoms with E-state index in [9.17, 15) is 14.4 Å². The van der Waals surface area contributed by atoms with Gasteiger partial charge in [-0.1, -0.05) is 0 Å². The predicted octanol–water partition coefficient (Wildman–Crippen LogP) is 0.173. The van der Waals surface area contributed by atoms with Crippen LogP contribution in [0.1, 0.15) is 32.6 Å². The molecule has 3 unspecified atom stereocenters. The Morgan fingerprint density at radius 2 is 1.95 bits per heavy atom. The van der Waals surface area contributed by atoms with E-state index in [1.165, 1.54) is 4.90 Å². The van der Waals surface area contributed by atoms with Gasteiger partial charge < -0.3 is 19.5 Å². The first kappa shape index (κ1) is 14.8. The van der Waals surface area contributed by atoms with Crippen LogP contribution in [0.5, 0.6) is 0 Å². The number of carbonyl (C=O) groups is 3. The van der Waals surface area contributed by atoms with E-state index in [1.807, 2.05) is 0 Å². The van der Waals surface area contributed by atoms with Gasteiger partial charge in [0, 0.05) is 6.54 Å². The van der Waals surface area contributed by atoms with Crippen molar-refractivity contribution in [3.63, 3.8) is 0 Å². The lowest BCUT2D eigenvalue weighted by Crippen LogP contribution is -2.46. The van der Waals surface area contributed by atoms with Gasteiger partial charge in [-0.15, -0.1) is 0 Å². The Balaban J connectivity index is 1.98. The summed E-state index contributed by atoms with van der Waals surface area (Å²) >= 11 is 0. The summed E-state index contributed by atoms with van der Waals surface area (Å²) in [6.07, 6.45) is 0.342. The molecule has 7 nitrogen and oxygen atoms in total. The molecule has 1 amide bonds. The number of aliphatic carboxylic acids is 1. The van der Waals surface area contributed by atoms with Gasteiger partial charge in [0.05, 0.1) is 6.61 Å². The highest BCUT2D eigenvalue weighted by molar-refractivity contribution is 5.88. The Kier molecular flexibility index (Phi) is 4.59. The molecule has 0 saturated carbocycles. The number of ether oxygens (including phenoxy) is 2. The van der Waals surface area contributed by atoms with Crippen LogP contribution in [0.15, 0.2) is 0 Å². The lowest BCUT2D eigenvalue weighted by Gasteiger charge is -2.25. The lowest BCUT2D eigenvalue weighted by molar-refractivity contribution is -0.160. The molecule has 2 rings (SSSR count). The van der Waals surface area contributed by atoms with Crippen molar-refractivity contribution in [1.29, 1.82) is 0 Å². The molecule has 2 aliphatic rings. The van der Waals surface area contributed by atoms with Crippen molar-refractivity contribution in [3.8, 4) is 0 Å². The van der Waals surface area contributed by atoms with E-state index in [4.69, 9.17) is 14.6 Å². The molecule has 0 aromatic heterocycles. The first-order valence-electron chi connectivity index (χ1n) is 6.90. The fourth-order valence-electron chi connectivity index (χ4n) is 2.70. The van der Waals surface area contributed by atoms with Crippen molar-refractivity contribution in [2.45, 2.75) is 50.9 Å². The minimum atomic E-state index is -1.05. The number of hydrogen-bond donors (Lipinski definition) is 1. The molecule has 2 fully saturated rings. The molecule has 2 saturated heterocycles. The van der Waals surface area contributed by atoms with Crippen LogP contribution < -0.4 is 0 Å². The number of carboxylic acid groups (broad SMARTS) is 1. The Bertz CT molecular complexity index is 410. The molecule has 1 N–H and O–H groups in total. The smallest absolute Gasteiger partial charge is 0.332 e. The number of nitrogens with zero attached hydrogens (tertiary/aromatic N) is 1. The molecule has 7 heteroatoms. The standard InChI is InChI=1S/C13H19NO6/c1-2-19-13(18)8-4-3-7-14(8)11(15)9-5-6-10(20-9)12(16)17/h8-10H,2-7H2,1H3,(H,16,17). The Morgan fingerprint density at radius 3 is 2.55 bits per heavy atom. The summed E-state index contributed by atoms with van der Waals surface area (Å²) in [7, 11) is 0. The van der Waals surface area contributed by atoms with E-state index in [1.54, 1.807) is 6.92 Å². The highest BCUT2D eigenvalue weighted by atomic mass is 16.5. The monoisotopic (exact) mass is 285 g/mol. The van der Waals surface area contributed by atoms with Crippen molar-refractivity contribution < 1.29 is 29.0 Å². The number of rotatable bonds is 4. The summed E-state index contributed by atoms with van der Waals surface area (Å²) in [5, 5.41) is 8.86. The first-order chi connectivity index (χ1) is 9.54. The maximum atomic E-state index is 12.3. The summed E-state index contributed by atoms with van der Waals surface area (Å²) in [5.74, 6) is -1.75. The number of carbonyl (C=O) groups excluding carboxylic acids is 2. The molecular formula is C13H19NO6. The molecule has 20 heavy (non-hydrogen) atoms. The molecule has 0 bridgehead atoms. The maximum Gasteiger partial charge on any atom is 0.332 e. The number of esters is 1. The second kappa shape index (κ2) is 6.21. The van der Waals surface area contributed by atoms with E-state index in [0.29, 0.717) is 25.8 Å². The number of likely N-dealkylation sites (tertiary alicyclic amines) is 1. The van der Waals surface area contributed by atoms with Crippen LogP contribution in [0, 0.1) is 0 Å². The zero-order valence-electron chi connectivity index (χ0n) is 11.4. The van der Waals surface area contributed by atoms with Gasteiger partial charge in [-0.05, 0) is 32.6 Å².